The van der Waals surface area contributed by atoms with Crippen LogP contribution in [-0.2, 0) is 20.9 Å². The minimum atomic E-state index is -0.677. The number of esters is 1. The third-order valence-electron chi connectivity index (χ3n) is 3.22. The summed E-state index contributed by atoms with van der Waals surface area (Å²) in [5.41, 5.74) is 0.179. The van der Waals surface area contributed by atoms with Crippen LogP contribution in [0.4, 0.5) is 5.69 Å². The quantitative estimate of drug-likeness (QED) is 0.813. The van der Waals surface area contributed by atoms with Gasteiger partial charge in [0.25, 0.3) is 11.5 Å². The van der Waals surface area contributed by atoms with E-state index in [9.17, 15) is 14.4 Å². The van der Waals surface area contributed by atoms with Crippen LogP contribution in [0.2, 0.25) is 0 Å². The summed E-state index contributed by atoms with van der Waals surface area (Å²) >= 11 is 0. The topological polar surface area (TPSA) is 95.9 Å². The molecule has 1 aliphatic heterocycles. The number of aromatic nitrogens is 1. The molecule has 0 saturated heterocycles. The molecule has 1 amide bonds. The third-order valence-corrected chi connectivity index (χ3v) is 3.22. The number of fused-ring (bicyclic) bond motifs is 1. The Morgan fingerprint density at radius 3 is 2.83 bits per heavy atom. The molecule has 1 N–H and O–H groups in total. The molecule has 0 fully saturated rings. The van der Waals surface area contributed by atoms with Crippen molar-refractivity contribution in [2.24, 2.45) is 0 Å². The van der Waals surface area contributed by atoms with Gasteiger partial charge in [-0.25, -0.2) is 0 Å². The lowest BCUT2D eigenvalue weighted by molar-refractivity contribution is -0.147. The zero-order valence-electron chi connectivity index (χ0n) is 12.6. The monoisotopic (exact) mass is 330 g/mol. The van der Waals surface area contributed by atoms with Crippen molar-refractivity contribution in [3.63, 3.8) is 0 Å². The van der Waals surface area contributed by atoms with Gasteiger partial charge < -0.3 is 24.1 Å². The number of nitrogens with one attached hydrogen (secondary N) is 1. The molecule has 0 saturated carbocycles. The third kappa shape index (κ3) is 3.72. The molecular formula is C16H14N2O6. The molecule has 2 aromatic rings. The highest BCUT2D eigenvalue weighted by atomic mass is 16.7. The van der Waals surface area contributed by atoms with E-state index in [-0.39, 0.29) is 18.9 Å². The number of hydrogen-bond donors (Lipinski definition) is 1. The average molecular weight is 330 g/mol. The zero-order chi connectivity index (χ0) is 16.9. The normalized spacial score (nSPS) is 11.8. The SMILES string of the molecule is O=C(COC(=O)Cn1ccccc1=O)Nc1ccc2c(c1)OCO2. The van der Waals surface area contributed by atoms with Gasteiger partial charge in [-0.3, -0.25) is 14.4 Å². The fraction of sp³-hybridized carbons (Fsp3) is 0.188. The summed E-state index contributed by atoms with van der Waals surface area (Å²) in [6.07, 6.45) is 1.47. The van der Waals surface area contributed by atoms with Gasteiger partial charge in [-0.2, -0.15) is 0 Å². The number of anilines is 1. The number of ether oxygens (including phenoxy) is 3. The molecule has 0 unspecified atom stereocenters. The van der Waals surface area contributed by atoms with Crippen LogP contribution >= 0.6 is 0 Å². The lowest BCUT2D eigenvalue weighted by atomic mass is 10.3. The maximum absolute atomic E-state index is 11.8. The van der Waals surface area contributed by atoms with Gasteiger partial charge >= 0.3 is 5.97 Å². The molecule has 24 heavy (non-hydrogen) atoms. The Balaban J connectivity index is 1.49. The van der Waals surface area contributed by atoms with Crippen molar-refractivity contribution in [2.45, 2.75) is 6.54 Å². The second kappa shape index (κ2) is 6.86. The first-order valence-corrected chi connectivity index (χ1v) is 7.12. The second-order valence-corrected chi connectivity index (χ2v) is 4.94. The van der Waals surface area contributed by atoms with E-state index in [1.54, 1.807) is 30.3 Å². The lowest BCUT2D eigenvalue weighted by Gasteiger charge is -2.08. The number of carbonyl (C=O) groups excluding carboxylic acids is 2. The van der Waals surface area contributed by atoms with E-state index in [2.05, 4.69) is 5.32 Å². The maximum Gasteiger partial charge on any atom is 0.326 e. The molecule has 124 valence electrons. The van der Waals surface area contributed by atoms with Gasteiger partial charge in [0.05, 0.1) is 0 Å². The van der Waals surface area contributed by atoms with Gasteiger partial charge in [0.2, 0.25) is 6.79 Å². The van der Waals surface area contributed by atoms with Crippen molar-refractivity contribution in [1.82, 2.24) is 4.57 Å². The van der Waals surface area contributed by atoms with Crippen molar-refractivity contribution < 1.29 is 23.8 Å². The summed E-state index contributed by atoms with van der Waals surface area (Å²) in [5.74, 6) is -0.0345. The number of carbonyl (C=O) groups is 2. The number of nitrogens with zero attached hydrogens (tertiary/aromatic N) is 1. The van der Waals surface area contributed by atoms with Crippen molar-refractivity contribution in [2.75, 3.05) is 18.7 Å². The molecule has 0 bridgehead atoms. The van der Waals surface area contributed by atoms with Crippen LogP contribution in [-0.4, -0.2) is 29.8 Å². The van der Waals surface area contributed by atoms with Gasteiger partial charge in [-0.1, -0.05) is 6.07 Å². The predicted molar refractivity (Wildman–Crippen MR) is 82.9 cm³/mol. The highest BCUT2D eigenvalue weighted by Crippen LogP contribution is 2.34. The van der Waals surface area contributed by atoms with E-state index >= 15 is 0 Å². The molecular weight excluding hydrogens is 316 g/mol. The minimum Gasteiger partial charge on any atom is -0.454 e. The average Bonchev–Trinajstić information content (AvgIpc) is 3.03. The number of benzene rings is 1. The van der Waals surface area contributed by atoms with E-state index in [1.165, 1.54) is 16.8 Å². The molecule has 1 aliphatic rings. The summed E-state index contributed by atoms with van der Waals surface area (Å²) in [6, 6.07) is 9.47. The van der Waals surface area contributed by atoms with Crippen LogP contribution in [0.15, 0.2) is 47.4 Å². The number of amides is 1. The van der Waals surface area contributed by atoms with Gasteiger partial charge in [0, 0.05) is 24.0 Å². The fourth-order valence-electron chi connectivity index (χ4n) is 2.09. The Morgan fingerprint density at radius 2 is 2.00 bits per heavy atom. The van der Waals surface area contributed by atoms with Crippen LogP contribution in [0, 0.1) is 0 Å². The minimum absolute atomic E-state index is 0.142. The molecule has 2 heterocycles. The molecule has 8 heteroatoms. The Bertz CT molecular complexity index is 829. The summed E-state index contributed by atoms with van der Waals surface area (Å²) in [6.45, 7) is -0.560. The van der Waals surface area contributed by atoms with E-state index in [1.807, 2.05) is 0 Å². The van der Waals surface area contributed by atoms with Crippen LogP contribution in [0.1, 0.15) is 0 Å². The van der Waals surface area contributed by atoms with Crippen LogP contribution < -0.4 is 20.3 Å². The van der Waals surface area contributed by atoms with Crippen LogP contribution in [0.5, 0.6) is 11.5 Å². The second-order valence-electron chi connectivity index (χ2n) is 4.94. The first-order chi connectivity index (χ1) is 11.6. The van der Waals surface area contributed by atoms with Crippen molar-refractivity contribution in [3.8, 4) is 11.5 Å². The molecule has 0 radical (unpaired) electrons. The van der Waals surface area contributed by atoms with Crippen molar-refractivity contribution in [1.29, 1.82) is 0 Å². The molecule has 1 aromatic heterocycles. The maximum atomic E-state index is 11.8. The summed E-state index contributed by atoms with van der Waals surface area (Å²) < 4.78 is 16.4. The standard InChI is InChI=1S/C16H14N2O6/c19-14(17-11-4-5-12-13(7-11)24-10-23-12)9-22-16(21)8-18-6-2-1-3-15(18)20/h1-7H,8-10H2,(H,17,19). The predicted octanol–water partition coefficient (Wildman–Crippen LogP) is 0.759. The Morgan fingerprint density at radius 1 is 1.17 bits per heavy atom. The fourth-order valence-corrected chi connectivity index (χ4v) is 2.09. The molecule has 0 atom stereocenters. The van der Waals surface area contributed by atoms with Crippen molar-refractivity contribution in [3.05, 3.63) is 52.9 Å². The molecule has 1 aromatic carbocycles. The van der Waals surface area contributed by atoms with E-state index in [0.717, 1.165) is 0 Å². The molecule has 8 nitrogen and oxygen atoms in total. The van der Waals surface area contributed by atoms with Crippen LogP contribution in [0.3, 0.4) is 0 Å². The van der Waals surface area contributed by atoms with E-state index < -0.39 is 18.5 Å². The zero-order valence-corrected chi connectivity index (χ0v) is 12.6. The molecule has 0 aliphatic carbocycles. The number of hydrogen-bond acceptors (Lipinski definition) is 6. The lowest BCUT2D eigenvalue weighted by Crippen LogP contribution is -2.26. The Kier molecular flexibility index (Phi) is 4.46. The van der Waals surface area contributed by atoms with Gasteiger partial charge in [-0.15, -0.1) is 0 Å². The highest BCUT2D eigenvalue weighted by Gasteiger charge is 2.15. The van der Waals surface area contributed by atoms with Crippen LogP contribution in [0.25, 0.3) is 0 Å². The highest BCUT2D eigenvalue weighted by molar-refractivity contribution is 5.93. The molecule has 0 spiro atoms. The summed E-state index contributed by atoms with van der Waals surface area (Å²) in [5, 5.41) is 2.58. The Labute approximate surface area is 136 Å². The van der Waals surface area contributed by atoms with Crippen molar-refractivity contribution >= 4 is 17.6 Å². The first kappa shape index (κ1) is 15.6. The van der Waals surface area contributed by atoms with Gasteiger partial charge in [0.1, 0.15) is 6.54 Å². The first-order valence-electron chi connectivity index (χ1n) is 7.12. The summed E-state index contributed by atoms with van der Waals surface area (Å²) in [4.78, 5) is 35.0. The number of rotatable bonds is 5. The Hall–Kier alpha value is -3.29. The number of pyridine rings is 1. The largest absolute Gasteiger partial charge is 0.454 e. The van der Waals surface area contributed by atoms with E-state index in [4.69, 9.17) is 14.2 Å². The smallest absolute Gasteiger partial charge is 0.326 e. The van der Waals surface area contributed by atoms with E-state index in [0.29, 0.717) is 17.2 Å². The molecule has 3 rings (SSSR count). The summed E-state index contributed by atoms with van der Waals surface area (Å²) in [7, 11) is 0. The van der Waals surface area contributed by atoms with Gasteiger partial charge in [0.15, 0.2) is 18.1 Å². The van der Waals surface area contributed by atoms with Gasteiger partial charge in [-0.05, 0) is 18.2 Å².